The number of nitrogens with zero attached hydrogens (tertiary/aromatic N) is 4. The number of carbonyl (C=O) groups is 2. The highest BCUT2D eigenvalue weighted by atomic mass is 19.1. The van der Waals surface area contributed by atoms with Crippen LogP contribution in [0.5, 0.6) is 0 Å². The summed E-state index contributed by atoms with van der Waals surface area (Å²) in [4.78, 5) is 31.5. The molecule has 3 fully saturated rings. The molecule has 3 aliphatic rings. The lowest BCUT2D eigenvalue weighted by molar-refractivity contribution is -0.136. The van der Waals surface area contributed by atoms with Gasteiger partial charge in [0.15, 0.2) is 0 Å². The maximum atomic E-state index is 13.9. The van der Waals surface area contributed by atoms with Gasteiger partial charge >= 0.3 is 6.03 Å². The molecule has 7 nitrogen and oxygen atoms in total. The Kier molecular flexibility index (Phi) is 5.42. The minimum absolute atomic E-state index is 0.00560. The second kappa shape index (κ2) is 7.79. The molecule has 2 heterocycles. The van der Waals surface area contributed by atoms with E-state index in [2.05, 4.69) is 31.0 Å². The monoisotopic (exact) mass is 427 g/mol. The number of piperazine rings is 1. The van der Waals surface area contributed by atoms with Crippen molar-refractivity contribution in [2.45, 2.75) is 45.6 Å². The van der Waals surface area contributed by atoms with Gasteiger partial charge < -0.3 is 10.2 Å². The third-order valence-corrected chi connectivity index (χ3v) is 6.78. The van der Waals surface area contributed by atoms with Gasteiger partial charge in [-0.2, -0.15) is 5.26 Å². The standard InChI is InChI=1S/C23H30FN5O2/c1-16-11-22(2,3)14-23(12-16)20(30)29(21(31)26-23)15-27-7-9-28(10-8-27)19-6-4-5-18(24)17(19)13-25/h4-6,16H,7-12,14-15H2,1-3H3,(H,26,31). The van der Waals surface area contributed by atoms with E-state index < -0.39 is 11.4 Å². The summed E-state index contributed by atoms with van der Waals surface area (Å²) in [6.07, 6.45) is 2.39. The van der Waals surface area contributed by atoms with Crippen molar-refractivity contribution < 1.29 is 14.0 Å². The zero-order valence-corrected chi connectivity index (χ0v) is 18.4. The molecule has 2 aliphatic heterocycles. The van der Waals surface area contributed by atoms with Crippen LogP contribution in [0.4, 0.5) is 14.9 Å². The molecule has 1 spiro atoms. The van der Waals surface area contributed by atoms with E-state index >= 15 is 0 Å². The van der Waals surface area contributed by atoms with E-state index in [4.69, 9.17) is 0 Å². The topological polar surface area (TPSA) is 79.7 Å². The molecule has 1 N–H and O–H groups in total. The largest absolute Gasteiger partial charge is 0.368 e. The Morgan fingerprint density at radius 1 is 1.19 bits per heavy atom. The number of hydrogen-bond donors (Lipinski definition) is 1. The van der Waals surface area contributed by atoms with Gasteiger partial charge in [-0.15, -0.1) is 0 Å². The van der Waals surface area contributed by atoms with Crippen molar-refractivity contribution in [1.29, 1.82) is 5.26 Å². The normalized spacial score (nSPS) is 28.7. The first-order chi connectivity index (χ1) is 14.6. The molecule has 4 rings (SSSR count). The van der Waals surface area contributed by atoms with Crippen LogP contribution in [0.3, 0.4) is 0 Å². The fourth-order valence-corrected chi connectivity index (χ4v) is 5.85. The number of urea groups is 1. The molecule has 1 aliphatic carbocycles. The second-order valence-electron chi connectivity index (χ2n) is 10.1. The van der Waals surface area contributed by atoms with Crippen molar-refractivity contribution >= 4 is 17.6 Å². The molecule has 1 aromatic carbocycles. The molecular formula is C23H30FN5O2. The highest BCUT2D eigenvalue weighted by Gasteiger charge is 2.56. The van der Waals surface area contributed by atoms with Crippen LogP contribution in [-0.2, 0) is 4.79 Å². The minimum Gasteiger partial charge on any atom is -0.368 e. The predicted octanol–water partition coefficient (Wildman–Crippen LogP) is 2.91. The molecule has 8 heteroatoms. The Hall–Kier alpha value is -2.66. The van der Waals surface area contributed by atoms with Crippen LogP contribution in [-0.4, -0.2) is 60.1 Å². The summed E-state index contributed by atoms with van der Waals surface area (Å²) in [5, 5.41) is 12.3. The van der Waals surface area contributed by atoms with E-state index in [1.165, 1.54) is 11.0 Å². The summed E-state index contributed by atoms with van der Waals surface area (Å²) in [5.74, 6) is -0.259. The molecule has 0 radical (unpaired) electrons. The number of imide groups is 1. The van der Waals surface area contributed by atoms with Crippen molar-refractivity contribution in [1.82, 2.24) is 15.1 Å². The molecule has 2 unspecified atom stereocenters. The first kappa shape index (κ1) is 21.6. The molecule has 2 saturated heterocycles. The van der Waals surface area contributed by atoms with Gasteiger partial charge in [-0.3, -0.25) is 9.69 Å². The fraction of sp³-hybridized carbons (Fsp3) is 0.609. The van der Waals surface area contributed by atoms with Crippen LogP contribution in [0.15, 0.2) is 18.2 Å². The van der Waals surface area contributed by atoms with Crippen molar-refractivity contribution in [3.8, 4) is 6.07 Å². The number of anilines is 1. The van der Waals surface area contributed by atoms with E-state index in [-0.39, 0.29) is 29.6 Å². The average Bonchev–Trinajstić information content (AvgIpc) is 2.90. The Bertz CT molecular complexity index is 934. The van der Waals surface area contributed by atoms with E-state index in [0.717, 1.165) is 6.42 Å². The number of halogens is 1. The van der Waals surface area contributed by atoms with Crippen LogP contribution in [0, 0.1) is 28.5 Å². The maximum absolute atomic E-state index is 13.9. The summed E-state index contributed by atoms with van der Waals surface area (Å²) in [6, 6.07) is 6.29. The summed E-state index contributed by atoms with van der Waals surface area (Å²) < 4.78 is 13.9. The Morgan fingerprint density at radius 2 is 1.90 bits per heavy atom. The van der Waals surface area contributed by atoms with Crippen LogP contribution in [0.2, 0.25) is 0 Å². The first-order valence-corrected chi connectivity index (χ1v) is 10.9. The minimum atomic E-state index is -0.788. The number of carbonyl (C=O) groups excluding carboxylic acids is 2. The number of benzene rings is 1. The Morgan fingerprint density at radius 3 is 2.55 bits per heavy atom. The highest BCUT2D eigenvalue weighted by molar-refractivity contribution is 6.07. The number of nitrogens with one attached hydrogen (secondary N) is 1. The lowest BCUT2D eigenvalue weighted by Gasteiger charge is -2.44. The fourth-order valence-electron chi connectivity index (χ4n) is 5.85. The number of nitriles is 1. The predicted molar refractivity (Wildman–Crippen MR) is 115 cm³/mol. The van der Waals surface area contributed by atoms with Gasteiger partial charge in [0.25, 0.3) is 5.91 Å². The van der Waals surface area contributed by atoms with E-state index in [1.54, 1.807) is 12.1 Å². The third-order valence-electron chi connectivity index (χ3n) is 6.78. The number of hydrogen-bond acceptors (Lipinski definition) is 5. The molecule has 0 bridgehead atoms. The molecule has 2 atom stereocenters. The molecule has 31 heavy (non-hydrogen) atoms. The van der Waals surface area contributed by atoms with E-state index in [1.807, 2.05) is 11.0 Å². The van der Waals surface area contributed by atoms with Gasteiger partial charge in [-0.05, 0) is 42.7 Å². The van der Waals surface area contributed by atoms with Gasteiger partial charge in [-0.25, -0.2) is 14.1 Å². The molecular weight excluding hydrogens is 397 g/mol. The number of rotatable bonds is 3. The van der Waals surface area contributed by atoms with E-state index in [0.29, 0.717) is 50.6 Å². The summed E-state index contributed by atoms with van der Waals surface area (Å²) in [6.45, 7) is 9.14. The average molecular weight is 428 g/mol. The van der Waals surface area contributed by atoms with Crippen molar-refractivity contribution in [2.24, 2.45) is 11.3 Å². The molecule has 1 saturated carbocycles. The van der Waals surface area contributed by atoms with Crippen LogP contribution in [0.1, 0.15) is 45.6 Å². The van der Waals surface area contributed by atoms with E-state index in [9.17, 15) is 19.2 Å². The third kappa shape index (κ3) is 3.99. The highest BCUT2D eigenvalue weighted by Crippen LogP contribution is 2.46. The van der Waals surface area contributed by atoms with Crippen LogP contribution < -0.4 is 10.2 Å². The van der Waals surface area contributed by atoms with Gasteiger partial charge in [0, 0.05) is 26.2 Å². The second-order valence-corrected chi connectivity index (χ2v) is 10.1. The zero-order valence-electron chi connectivity index (χ0n) is 18.4. The van der Waals surface area contributed by atoms with Crippen LogP contribution in [0.25, 0.3) is 0 Å². The smallest absolute Gasteiger partial charge is 0.326 e. The first-order valence-electron chi connectivity index (χ1n) is 10.9. The molecule has 3 amide bonds. The molecule has 0 aromatic heterocycles. The Labute approximate surface area is 182 Å². The van der Waals surface area contributed by atoms with Crippen LogP contribution >= 0.6 is 0 Å². The summed E-state index contributed by atoms with van der Waals surface area (Å²) in [7, 11) is 0. The lowest BCUT2D eigenvalue weighted by Crippen LogP contribution is -2.55. The summed E-state index contributed by atoms with van der Waals surface area (Å²) in [5.41, 5.74) is -0.134. The van der Waals surface area contributed by atoms with Gasteiger partial charge in [-0.1, -0.05) is 26.8 Å². The van der Waals surface area contributed by atoms with Gasteiger partial charge in [0.05, 0.1) is 12.4 Å². The van der Waals surface area contributed by atoms with Gasteiger partial charge in [0.1, 0.15) is 23.0 Å². The Balaban J connectivity index is 1.41. The van der Waals surface area contributed by atoms with Crippen molar-refractivity contribution in [3.63, 3.8) is 0 Å². The van der Waals surface area contributed by atoms with Gasteiger partial charge in [0.2, 0.25) is 0 Å². The molecule has 166 valence electrons. The quantitative estimate of drug-likeness (QED) is 0.751. The SMILES string of the molecule is CC1CC(C)(C)CC2(C1)NC(=O)N(CN1CCN(c3cccc(F)c3C#N)CC1)C2=O. The molecule has 1 aromatic rings. The zero-order chi connectivity index (χ0) is 22.4. The van der Waals surface area contributed by atoms with Crippen molar-refractivity contribution in [3.05, 3.63) is 29.6 Å². The maximum Gasteiger partial charge on any atom is 0.326 e. The number of amides is 3. The van der Waals surface area contributed by atoms with Crippen molar-refractivity contribution in [2.75, 3.05) is 37.7 Å². The lowest BCUT2D eigenvalue weighted by atomic mass is 9.64. The summed E-state index contributed by atoms with van der Waals surface area (Å²) >= 11 is 0.